The molecule has 0 saturated heterocycles. The fourth-order valence-electron chi connectivity index (χ4n) is 5.24. The molecular weight excluding hydrogens is 484 g/mol. The number of carbonyl (C=O) groups excluding carboxylic acids is 2. The van der Waals surface area contributed by atoms with E-state index in [1.807, 2.05) is 72.8 Å². The van der Waals surface area contributed by atoms with Crippen LogP contribution in [0.15, 0.2) is 114 Å². The van der Waals surface area contributed by atoms with Crippen LogP contribution in [0.3, 0.4) is 0 Å². The van der Waals surface area contributed by atoms with Gasteiger partial charge >= 0.3 is 0 Å². The Bertz CT molecular complexity index is 1490. The lowest BCUT2D eigenvalue weighted by atomic mass is 9.83. The van der Waals surface area contributed by atoms with Gasteiger partial charge in [0, 0.05) is 12.1 Å². The normalized spacial score (nSPS) is 16.2. The second kappa shape index (κ2) is 10.2. The Morgan fingerprint density at radius 2 is 1.49 bits per heavy atom. The van der Waals surface area contributed by atoms with Gasteiger partial charge in [0.15, 0.2) is 11.5 Å². The fourth-order valence-corrected chi connectivity index (χ4v) is 5.24. The number of rotatable bonds is 8. The number of nitrogens with one attached hydrogen (secondary N) is 1. The van der Waals surface area contributed by atoms with Gasteiger partial charge in [-0.3, -0.25) is 14.5 Å². The van der Waals surface area contributed by atoms with E-state index < -0.39 is 5.54 Å². The van der Waals surface area contributed by atoms with Crippen molar-refractivity contribution < 1.29 is 9.59 Å². The van der Waals surface area contributed by atoms with Gasteiger partial charge in [0.2, 0.25) is 0 Å². The van der Waals surface area contributed by atoms with E-state index in [0.29, 0.717) is 18.0 Å². The predicted molar refractivity (Wildman–Crippen MR) is 152 cm³/mol. The maximum absolute atomic E-state index is 14.0. The van der Waals surface area contributed by atoms with Gasteiger partial charge in [0.1, 0.15) is 0 Å². The van der Waals surface area contributed by atoms with Crippen LogP contribution in [-0.4, -0.2) is 22.7 Å². The smallest absolute Gasteiger partial charge is 0.266 e. The van der Waals surface area contributed by atoms with E-state index >= 15 is 0 Å². The molecule has 6 rings (SSSR count). The summed E-state index contributed by atoms with van der Waals surface area (Å²) in [5.41, 5.74) is 10.4. The zero-order valence-corrected chi connectivity index (χ0v) is 21.6. The second-order valence-corrected chi connectivity index (χ2v) is 10.2. The van der Waals surface area contributed by atoms with Crippen molar-refractivity contribution in [2.24, 2.45) is 10.7 Å². The average Bonchev–Trinajstić information content (AvgIpc) is 3.81. The molecule has 6 heteroatoms. The van der Waals surface area contributed by atoms with Crippen LogP contribution in [0.4, 0.5) is 0 Å². The summed E-state index contributed by atoms with van der Waals surface area (Å²) in [7, 11) is 0. The zero-order chi connectivity index (χ0) is 26.8. The molecule has 0 radical (unpaired) electrons. The molecule has 6 nitrogen and oxygen atoms in total. The van der Waals surface area contributed by atoms with Crippen molar-refractivity contribution in [3.63, 3.8) is 0 Å². The lowest BCUT2D eigenvalue weighted by Gasteiger charge is -2.27. The highest BCUT2D eigenvalue weighted by Gasteiger charge is 2.50. The molecule has 1 heterocycles. The quantitative estimate of drug-likeness (QED) is 0.343. The Balaban J connectivity index is 1.19. The molecule has 1 aliphatic carbocycles. The van der Waals surface area contributed by atoms with Crippen molar-refractivity contribution in [2.45, 2.75) is 37.4 Å². The first-order valence-corrected chi connectivity index (χ1v) is 13.3. The van der Waals surface area contributed by atoms with Gasteiger partial charge in [0.05, 0.1) is 6.54 Å². The highest BCUT2D eigenvalue weighted by Crippen LogP contribution is 2.40. The molecular formula is C33H30N4O2. The molecule has 4 aromatic rings. The third-order valence-electron chi connectivity index (χ3n) is 7.51. The SMILES string of the molecule is NC1=NC(c2ccccc2)(c2ccccc2)C(=O)N1Cc1cccc(C(=O)NCc2ccc(C3CC3)cc2)c1. The Labute approximate surface area is 228 Å². The van der Waals surface area contributed by atoms with E-state index in [1.54, 1.807) is 12.1 Å². The minimum atomic E-state index is -1.25. The third kappa shape index (κ3) is 4.81. The topological polar surface area (TPSA) is 87.8 Å². The van der Waals surface area contributed by atoms with Crippen molar-refractivity contribution >= 4 is 17.8 Å². The largest absolute Gasteiger partial charge is 0.369 e. The number of hydrogen-bond acceptors (Lipinski definition) is 4. The van der Waals surface area contributed by atoms with Crippen molar-refractivity contribution in [1.82, 2.24) is 10.2 Å². The zero-order valence-electron chi connectivity index (χ0n) is 21.6. The highest BCUT2D eigenvalue weighted by molar-refractivity contribution is 6.09. The van der Waals surface area contributed by atoms with Gasteiger partial charge in [-0.25, -0.2) is 4.99 Å². The number of hydrogen-bond donors (Lipinski definition) is 2. The Morgan fingerprint density at radius 3 is 2.10 bits per heavy atom. The van der Waals surface area contributed by atoms with Crippen LogP contribution >= 0.6 is 0 Å². The van der Waals surface area contributed by atoms with Gasteiger partial charge in [-0.1, -0.05) is 97.1 Å². The van der Waals surface area contributed by atoms with Gasteiger partial charge in [-0.2, -0.15) is 0 Å². The lowest BCUT2D eigenvalue weighted by molar-refractivity contribution is -0.130. The molecule has 39 heavy (non-hydrogen) atoms. The lowest BCUT2D eigenvalue weighted by Crippen LogP contribution is -2.43. The summed E-state index contributed by atoms with van der Waals surface area (Å²) in [6.45, 7) is 0.661. The maximum Gasteiger partial charge on any atom is 0.266 e. The molecule has 0 atom stereocenters. The summed E-state index contributed by atoms with van der Waals surface area (Å²) in [5, 5.41) is 3.01. The molecule has 0 unspecified atom stereocenters. The predicted octanol–water partition coefficient (Wildman–Crippen LogP) is 5.09. The van der Waals surface area contributed by atoms with Crippen LogP contribution < -0.4 is 11.1 Å². The van der Waals surface area contributed by atoms with E-state index in [9.17, 15) is 9.59 Å². The average molecular weight is 515 g/mol. The van der Waals surface area contributed by atoms with E-state index in [1.165, 1.54) is 23.3 Å². The van der Waals surface area contributed by atoms with E-state index in [2.05, 4.69) is 29.6 Å². The summed E-state index contributed by atoms with van der Waals surface area (Å²) < 4.78 is 0. The number of amides is 2. The molecule has 194 valence electrons. The van der Waals surface area contributed by atoms with E-state index in [0.717, 1.165) is 22.3 Å². The minimum absolute atomic E-state index is 0.150. The van der Waals surface area contributed by atoms with Crippen molar-refractivity contribution in [1.29, 1.82) is 0 Å². The molecule has 1 saturated carbocycles. The van der Waals surface area contributed by atoms with Crippen LogP contribution in [0.2, 0.25) is 0 Å². The first-order valence-electron chi connectivity index (χ1n) is 13.3. The number of benzene rings is 4. The monoisotopic (exact) mass is 514 g/mol. The molecule has 1 aliphatic heterocycles. The summed E-state index contributed by atoms with van der Waals surface area (Å²) in [4.78, 5) is 33.2. The molecule has 2 aliphatic rings. The molecule has 2 amide bonds. The molecule has 0 bridgehead atoms. The molecule has 4 aromatic carbocycles. The van der Waals surface area contributed by atoms with Gasteiger partial charge in [-0.15, -0.1) is 0 Å². The Kier molecular flexibility index (Phi) is 6.45. The highest BCUT2D eigenvalue weighted by atomic mass is 16.2. The van der Waals surface area contributed by atoms with Crippen LogP contribution in [0.1, 0.15) is 56.9 Å². The van der Waals surface area contributed by atoms with Crippen LogP contribution in [-0.2, 0) is 23.4 Å². The molecule has 0 spiro atoms. The summed E-state index contributed by atoms with van der Waals surface area (Å²) >= 11 is 0. The van der Waals surface area contributed by atoms with Crippen LogP contribution in [0.5, 0.6) is 0 Å². The first-order chi connectivity index (χ1) is 19.0. The van der Waals surface area contributed by atoms with Gasteiger partial charge in [-0.05, 0) is 58.7 Å². The number of nitrogens with zero attached hydrogens (tertiary/aromatic N) is 2. The molecule has 1 fully saturated rings. The molecule has 0 aromatic heterocycles. The van der Waals surface area contributed by atoms with Gasteiger partial charge in [0.25, 0.3) is 11.8 Å². The number of guanidine groups is 1. The van der Waals surface area contributed by atoms with Crippen LogP contribution in [0, 0.1) is 0 Å². The summed E-state index contributed by atoms with van der Waals surface area (Å²) in [5.74, 6) is 0.475. The first kappa shape index (κ1) is 24.6. The minimum Gasteiger partial charge on any atom is -0.369 e. The Morgan fingerprint density at radius 1 is 0.846 bits per heavy atom. The summed E-state index contributed by atoms with van der Waals surface area (Å²) in [6.07, 6.45) is 2.54. The van der Waals surface area contributed by atoms with Crippen molar-refractivity contribution in [3.8, 4) is 0 Å². The number of carbonyl (C=O) groups is 2. The number of nitrogens with two attached hydrogens (primary N) is 1. The van der Waals surface area contributed by atoms with Crippen molar-refractivity contribution in [2.75, 3.05) is 0 Å². The van der Waals surface area contributed by atoms with Gasteiger partial charge < -0.3 is 11.1 Å². The fraction of sp³-hybridized carbons (Fsp3) is 0.182. The third-order valence-corrected chi connectivity index (χ3v) is 7.51. The van der Waals surface area contributed by atoms with E-state index in [-0.39, 0.29) is 24.3 Å². The Hall–Kier alpha value is -4.71. The van der Waals surface area contributed by atoms with Crippen molar-refractivity contribution in [3.05, 3.63) is 143 Å². The molecule has 3 N–H and O–H groups in total. The number of aliphatic imine (C=N–C) groups is 1. The van der Waals surface area contributed by atoms with E-state index in [4.69, 9.17) is 10.7 Å². The second-order valence-electron chi connectivity index (χ2n) is 10.2. The van der Waals surface area contributed by atoms with Crippen LogP contribution in [0.25, 0.3) is 0 Å². The standard InChI is InChI=1S/C33H30N4O2/c34-32-36-33(28-10-3-1-4-11-28,29-12-5-2-6-13-29)31(39)37(32)22-24-8-7-9-27(20-24)30(38)35-21-23-14-16-25(17-15-23)26-18-19-26/h1-17,20,26H,18-19,21-22H2,(H2,34,36)(H,35,38). The summed E-state index contributed by atoms with van der Waals surface area (Å²) in [6, 6.07) is 34.8. The maximum atomic E-state index is 14.0.